The molecule has 0 aromatic carbocycles. The number of ether oxygens (including phenoxy) is 1. The number of likely N-dealkylation sites (N-methyl/N-ethyl adjacent to an activating group) is 1. The van der Waals surface area contributed by atoms with Gasteiger partial charge in [0.25, 0.3) is 5.91 Å². The van der Waals surface area contributed by atoms with Crippen LogP contribution in [0.25, 0.3) is 0 Å². The molecule has 0 aliphatic carbocycles. The summed E-state index contributed by atoms with van der Waals surface area (Å²) in [6.45, 7) is 1.65. The van der Waals surface area contributed by atoms with Gasteiger partial charge in [-0.1, -0.05) is 0 Å². The summed E-state index contributed by atoms with van der Waals surface area (Å²) in [5.41, 5.74) is 0. The highest BCUT2D eigenvalue weighted by Gasteiger charge is 2.20. The van der Waals surface area contributed by atoms with Crippen LogP contribution in [-0.4, -0.2) is 79.3 Å². The second-order valence-corrected chi connectivity index (χ2v) is 4.03. The number of nitrogens with zero attached hydrogens (tertiary/aromatic N) is 2. The molecular formula is C10H17N3O5. The van der Waals surface area contributed by atoms with E-state index in [1.807, 2.05) is 7.05 Å². The van der Waals surface area contributed by atoms with Crippen LogP contribution in [-0.2, 0) is 14.3 Å². The van der Waals surface area contributed by atoms with Crippen molar-refractivity contribution >= 4 is 17.9 Å². The Hall–Kier alpha value is -1.67. The molecule has 18 heavy (non-hydrogen) atoms. The third-order valence-corrected chi connectivity index (χ3v) is 2.50. The Labute approximate surface area is 104 Å². The van der Waals surface area contributed by atoms with Crippen molar-refractivity contribution in [2.24, 2.45) is 0 Å². The van der Waals surface area contributed by atoms with Crippen LogP contribution in [0.1, 0.15) is 0 Å². The molecular weight excluding hydrogens is 242 g/mol. The molecule has 102 valence electrons. The molecule has 1 aliphatic heterocycles. The lowest BCUT2D eigenvalue weighted by Gasteiger charge is -2.32. The summed E-state index contributed by atoms with van der Waals surface area (Å²) in [7, 11) is 1.96. The summed E-state index contributed by atoms with van der Waals surface area (Å²) in [5, 5.41) is 10.5. The van der Waals surface area contributed by atoms with Crippen molar-refractivity contribution in [3.63, 3.8) is 0 Å². The molecule has 3 amide bonds. The molecule has 2 N–H and O–H groups in total. The monoisotopic (exact) mass is 259 g/mol. The van der Waals surface area contributed by atoms with Crippen LogP contribution in [0.4, 0.5) is 4.79 Å². The van der Waals surface area contributed by atoms with E-state index in [-0.39, 0.29) is 0 Å². The van der Waals surface area contributed by atoms with Gasteiger partial charge in [-0.2, -0.15) is 0 Å². The zero-order valence-electron chi connectivity index (χ0n) is 10.2. The van der Waals surface area contributed by atoms with E-state index in [9.17, 15) is 14.4 Å². The van der Waals surface area contributed by atoms with E-state index in [2.05, 4.69) is 15.0 Å². The van der Waals surface area contributed by atoms with Gasteiger partial charge in [-0.15, -0.1) is 0 Å². The smallest absolute Gasteiger partial charge is 0.329 e. The highest BCUT2D eigenvalue weighted by molar-refractivity contribution is 5.95. The number of urea groups is 1. The molecule has 8 nitrogen and oxygen atoms in total. The SMILES string of the molecule is CN1CCN(C(=O)NC(=O)COCC(=O)O)CC1. The number of rotatable bonds is 4. The second-order valence-electron chi connectivity index (χ2n) is 4.03. The quantitative estimate of drug-likeness (QED) is 0.642. The molecule has 0 radical (unpaired) electrons. The van der Waals surface area contributed by atoms with Gasteiger partial charge in [-0.25, -0.2) is 9.59 Å². The lowest BCUT2D eigenvalue weighted by atomic mass is 10.3. The van der Waals surface area contributed by atoms with Gasteiger partial charge in [-0.05, 0) is 7.05 Å². The first kappa shape index (κ1) is 14.4. The third kappa shape index (κ3) is 5.11. The van der Waals surface area contributed by atoms with Gasteiger partial charge in [0.2, 0.25) is 0 Å². The van der Waals surface area contributed by atoms with Gasteiger partial charge in [0.1, 0.15) is 13.2 Å². The first-order valence-corrected chi connectivity index (χ1v) is 5.56. The Morgan fingerprint density at radius 3 is 2.33 bits per heavy atom. The summed E-state index contributed by atoms with van der Waals surface area (Å²) in [4.78, 5) is 36.6. The van der Waals surface area contributed by atoms with Crippen LogP contribution in [0.5, 0.6) is 0 Å². The number of carbonyl (C=O) groups excluding carboxylic acids is 2. The average molecular weight is 259 g/mol. The lowest BCUT2D eigenvalue weighted by Crippen LogP contribution is -2.52. The molecule has 8 heteroatoms. The fraction of sp³-hybridized carbons (Fsp3) is 0.700. The first-order valence-electron chi connectivity index (χ1n) is 5.56. The van der Waals surface area contributed by atoms with Crippen molar-refractivity contribution in [2.75, 3.05) is 46.4 Å². The largest absolute Gasteiger partial charge is 0.480 e. The fourth-order valence-electron chi connectivity index (χ4n) is 1.47. The highest BCUT2D eigenvalue weighted by Crippen LogP contribution is 1.98. The van der Waals surface area contributed by atoms with Crippen molar-refractivity contribution in [3.05, 3.63) is 0 Å². The first-order chi connectivity index (χ1) is 8.49. The molecule has 0 atom stereocenters. The number of imide groups is 1. The number of aliphatic carboxylic acids is 1. The molecule has 1 fully saturated rings. The van der Waals surface area contributed by atoms with E-state index in [1.165, 1.54) is 4.90 Å². The predicted molar refractivity (Wildman–Crippen MR) is 61.1 cm³/mol. The Kier molecular flexibility index (Phi) is 5.53. The minimum Gasteiger partial charge on any atom is -0.480 e. The van der Waals surface area contributed by atoms with Gasteiger partial charge >= 0.3 is 12.0 Å². The molecule has 1 rings (SSSR count). The lowest BCUT2D eigenvalue weighted by molar-refractivity contribution is -0.143. The average Bonchev–Trinajstić information content (AvgIpc) is 2.29. The Balaban J connectivity index is 2.22. The summed E-state index contributed by atoms with van der Waals surface area (Å²) >= 11 is 0. The third-order valence-electron chi connectivity index (χ3n) is 2.50. The Bertz CT molecular complexity index is 325. The van der Waals surface area contributed by atoms with E-state index < -0.39 is 31.1 Å². The zero-order valence-corrected chi connectivity index (χ0v) is 10.2. The molecule has 0 aromatic rings. The maximum absolute atomic E-state index is 11.6. The van der Waals surface area contributed by atoms with Gasteiger partial charge < -0.3 is 19.6 Å². The number of hydrogen-bond donors (Lipinski definition) is 2. The maximum atomic E-state index is 11.6. The topological polar surface area (TPSA) is 99.2 Å². The molecule has 1 heterocycles. The van der Waals surface area contributed by atoms with Crippen molar-refractivity contribution in [1.82, 2.24) is 15.1 Å². The summed E-state index contributed by atoms with van der Waals surface area (Å²) < 4.78 is 4.57. The van der Waals surface area contributed by atoms with Crippen LogP contribution in [0.2, 0.25) is 0 Å². The molecule has 0 saturated carbocycles. The number of carboxylic acids is 1. The molecule has 0 aromatic heterocycles. The van der Waals surface area contributed by atoms with Crippen LogP contribution >= 0.6 is 0 Å². The van der Waals surface area contributed by atoms with Crippen LogP contribution in [0, 0.1) is 0 Å². The number of nitrogens with one attached hydrogen (secondary N) is 1. The van der Waals surface area contributed by atoms with Gasteiger partial charge in [0.15, 0.2) is 0 Å². The number of amides is 3. The zero-order chi connectivity index (χ0) is 13.5. The molecule has 0 bridgehead atoms. The molecule has 1 saturated heterocycles. The van der Waals surface area contributed by atoms with E-state index in [0.717, 1.165) is 13.1 Å². The van der Waals surface area contributed by atoms with E-state index in [1.54, 1.807) is 0 Å². The molecule has 0 unspecified atom stereocenters. The van der Waals surface area contributed by atoms with Crippen molar-refractivity contribution in [3.8, 4) is 0 Å². The Morgan fingerprint density at radius 1 is 1.17 bits per heavy atom. The van der Waals surface area contributed by atoms with Crippen LogP contribution < -0.4 is 5.32 Å². The summed E-state index contributed by atoms with van der Waals surface area (Å²) in [6, 6.07) is -0.466. The number of hydrogen-bond acceptors (Lipinski definition) is 5. The molecule has 0 spiro atoms. The second kappa shape index (κ2) is 6.92. The van der Waals surface area contributed by atoms with Crippen molar-refractivity contribution < 1.29 is 24.2 Å². The minimum absolute atomic E-state index is 0.439. The number of carboxylic acid groups (broad SMARTS) is 1. The van der Waals surface area contributed by atoms with Gasteiger partial charge in [-0.3, -0.25) is 10.1 Å². The summed E-state index contributed by atoms with van der Waals surface area (Å²) in [6.07, 6.45) is 0. The van der Waals surface area contributed by atoms with Crippen LogP contribution in [0.3, 0.4) is 0 Å². The highest BCUT2D eigenvalue weighted by atomic mass is 16.5. The maximum Gasteiger partial charge on any atom is 0.329 e. The normalized spacial score (nSPS) is 16.4. The van der Waals surface area contributed by atoms with Gasteiger partial charge in [0.05, 0.1) is 0 Å². The Morgan fingerprint density at radius 2 is 1.78 bits per heavy atom. The fourth-order valence-corrected chi connectivity index (χ4v) is 1.47. The molecule has 1 aliphatic rings. The standard InChI is InChI=1S/C10H17N3O5/c1-12-2-4-13(5-3-12)10(17)11-8(14)6-18-7-9(15)16/h2-7H2,1H3,(H,15,16)(H,11,14,17). The van der Waals surface area contributed by atoms with Crippen molar-refractivity contribution in [1.29, 1.82) is 0 Å². The minimum atomic E-state index is -1.16. The van der Waals surface area contributed by atoms with E-state index in [0.29, 0.717) is 13.1 Å². The van der Waals surface area contributed by atoms with E-state index >= 15 is 0 Å². The predicted octanol–water partition coefficient (Wildman–Crippen LogP) is -1.43. The van der Waals surface area contributed by atoms with Crippen molar-refractivity contribution in [2.45, 2.75) is 0 Å². The van der Waals surface area contributed by atoms with Crippen LogP contribution in [0.15, 0.2) is 0 Å². The summed E-state index contributed by atoms with van der Waals surface area (Å²) in [5.74, 6) is -1.80. The van der Waals surface area contributed by atoms with Gasteiger partial charge in [0, 0.05) is 26.2 Å². The van der Waals surface area contributed by atoms with E-state index in [4.69, 9.17) is 5.11 Å². The number of carbonyl (C=O) groups is 3. The number of piperazine rings is 1.